The van der Waals surface area contributed by atoms with E-state index in [-0.39, 0.29) is 9.79 Å². The maximum atomic E-state index is 12.3. The van der Waals surface area contributed by atoms with Crippen LogP contribution in [-0.2, 0) is 6.42 Å². The Kier molecular flexibility index (Phi) is 2.40. The first-order valence-electron chi connectivity index (χ1n) is 2.83. The van der Waals surface area contributed by atoms with E-state index in [1.165, 1.54) is 0 Å². The Hall–Kier alpha value is -0.270. The Morgan fingerprint density at radius 2 is 2.18 bits per heavy atom. The first-order chi connectivity index (χ1) is 4.97. The van der Waals surface area contributed by atoms with E-state index in [0.717, 1.165) is 6.92 Å². The third-order valence-electron chi connectivity index (χ3n) is 0.904. The molecule has 62 valence electrons. The molecule has 0 spiro atoms. The molecule has 0 unspecified atom stereocenters. The average Bonchev–Trinajstić information content (AvgIpc) is 2.10. The van der Waals surface area contributed by atoms with Gasteiger partial charge >= 0.3 is 0 Å². The molecule has 0 aromatic carbocycles. The summed E-state index contributed by atoms with van der Waals surface area (Å²) in [5.74, 6) is -2.81. The van der Waals surface area contributed by atoms with Crippen LogP contribution >= 0.6 is 22.6 Å². The molecular formula is C5H5F2IN2O. The molecule has 0 saturated carbocycles. The van der Waals surface area contributed by atoms with Gasteiger partial charge in [-0.2, -0.15) is 0 Å². The molecule has 0 aliphatic carbocycles. The van der Waals surface area contributed by atoms with E-state index in [1.807, 2.05) is 0 Å². The normalized spacial score (nSPS) is 12.0. The van der Waals surface area contributed by atoms with Crippen molar-refractivity contribution >= 4 is 22.6 Å². The van der Waals surface area contributed by atoms with E-state index in [9.17, 15) is 8.78 Å². The molecule has 6 heteroatoms. The van der Waals surface area contributed by atoms with Crippen LogP contribution in [-0.4, -0.2) is 16.1 Å². The second-order valence-corrected chi connectivity index (χ2v) is 3.12. The van der Waals surface area contributed by atoms with Crippen molar-refractivity contribution in [1.29, 1.82) is 0 Å². The third-order valence-corrected chi connectivity index (χ3v) is 1.34. The molecule has 0 aliphatic rings. The highest BCUT2D eigenvalue weighted by atomic mass is 127. The summed E-state index contributed by atoms with van der Waals surface area (Å²) in [6.45, 7) is 0.810. The van der Waals surface area contributed by atoms with Gasteiger partial charge in [-0.1, -0.05) is 0 Å². The number of halogens is 3. The van der Waals surface area contributed by atoms with Crippen molar-refractivity contribution in [3.63, 3.8) is 0 Å². The van der Waals surface area contributed by atoms with Gasteiger partial charge in [0.25, 0.3) is 9.82 Å². The predicted molar refractivity (Wildman–Crippen MR) is 41.3 cm³/mol. The van der Waals surface area contributed by atoms with Crippen molar-refractivity contribution in [2.45, 2.75) is 19.3 Å². The van der Waals surface area contributed by atoms with Gasteiger partial charge in [-0.15, -0.1) is 10.2 Å². The standard InChI is InChI=1S/C5H5F2IN2O/c1-5(6,7)2-3-9-10-4(8)11-3/h2H2,1H3. The second-order valence-electron chi connectivity index (χ2n) is 2.20. The summed E-state index contributed by atoms with van der Waals surface area (Å²) in [5.41, 5.74) is 0. The summed E-state index contributed by atoms with van der Waals surface area (Å²) >= 11 is 1.77. The van der Waals surface area contributed by atoms with Gasteiger partial charge in [0.15, 0.2) is 0 Å². The van der Waals surface area contributed by atoms with Crippen molar-refractivity contribution in [1.82, 2.24) is 10.2 Å². The summed E-state index contributed by atoms with van der Waals surface area (Å²) in [6.07, 6.45) is -0.497. The van der Waals surface area contributed by atoms with Gasteiger partial charge in [0.2, 0.25) is 5.89 Å². The van der Waals surface area contributed by atoms with E-state index < -0.39 is 12.3 Å². The number of nitrogens with zero attached hydrogens (tertiary/aromatic N) is 2. The lowest BCUT2D eigenvalue weighted by molar-refractivity contribution is 0.0160. The van der Waals surface area contributed by atoms with Crippen LogP contribution in [0.3, 0.4) is 0 Å². The fourth-order valence-electron chi connectivity index (χ4n) is 0.570. The number of hydrogen-bond donors (Lipinski definition) is 0. The highest BCUT2D eigenvalue weighted by Crippen LogP contribution is 2.17. The summed E-state index contributed by atoms with van der Waals surface area (Å²) in [7, 11) is 0. The van der Waals surface area contributed by atoms with Crippen LogP contribution in [0.2, 0.25) is 0 Å². The zero-order valence-corrected chi connectivity index (χ0v) is 7.80. The SMILES string of the molecule is CC(F)(F)Cc1nnc(I)o1. The van der Waals surface area contributed by atoms with Crippen molar-refractivity contribution in [2.24, 2.45) is 0 Å². The molecule has 0 saturated heterocycles. The molecule has 0 N–H and O–H groups in total. The second kappa shape index (κ2) is 3.00. The van der Waals surface area contributed by atoms with E-state index >= 15 is 0 Å². The van der Waals surface area contributed by atoms with Gasteiger partial charge in [0.05, 0.1) is 6.42 Å². The van der Waals surface area contributed by atoms with E-state index in [1.54, 1.807) is 22.6 Å². The van der Waals surface area contributed by atoms with Crippen molar-refractivity contribution in [3.05, 3.63) is 9.79 Å². The fourth-order valence-corrected chi connectivity index (χ4v) is 0.932. The minimum atomic E-state index is -2.78. The van der Waals surface area contributed by atoms with Crippen LogP contribution in [0.5, 0.6) is 0 Å². The number of aromatic nitrogens is 2. The summed E-state index contributed by atoms with van der Waals surface area (Å²) in [5, 5.41) is 6.83. The Morgan fingerprint density at radius 1 is 1.55 bits per heavy atom. The average molecular weight is 274 g/mol. The molecule has 3 nitrogen and oxygen atoms in total. The van der Waals surface area contributed by atoms with Crippen LogP contribution in [0.15, 0.2) is 4.42 Å². The van der Waals surface area contributed by atoms with E-state index in [2.05, 4.69) is 10.2 Å². The zero-order chi connectivity index (χ0) is 8.48. The van der Waals surface area contributed by atoms with Crippen molar-refractivity contribution < 1.29 is 13.2 Å². The highest BCUT2D eigenvalue weighted by molar-refractivity contribution is 14.1. The van der Waals surface area contributed by atoms with Crippen LogP contribution < -0.4 is 0 Å². The Labute approximate surface area is 75.3 Å². The molecule has 1 aromatic heterocycles. The Balaban J connectivity index is 2.65. The van der Waals surface area contributed by atoms with E-state index in [4.69, 9.17) is 4.42 Å². The quantitative estimate of drug-likeness (QED) is 0.773. The molecule has 0 amide bonds. The van der Waals surface area contributed by atoms with Crippen LogP contribution in [0.25, 0.3) is 0 Å². The van der Waals surface area contributed by atoms with Gasteiger partial charge in [0.1, 0.15) is 0 Å². The lowest BCUT2D eigenvalue weighted by Crippen LogP contribution is -2.13. The minimum Gasteiger partial charge on any atom is -0.416 e. The van der Waals surface area contributed by atoms with Gasteiger partial charge in [-0.25, -0.2) is 8.78 Å². The largest absolute Gasteiger partial charge is 0.416 e. The minimum absolute atomic E-state index is 0.0260. The molecule has 0 aliphatic heterocycles. The lowest BCUT2D eigenvalue weighted by atomic mass is 10.3. The summed E-state index contributed by atoms with van der Waals surface area (Å²) in [6, 6.07) is 0. The van der Waals surface area contributed by atoms with Crippen LogP contribution in [0, 0.1) is 3.90 Å². The summed E-state index contributed by atoms with van der Waals surface area (Å²) < 4.78 is 29.6. The first kappa shape index (κ1) is 8.82. The summed E-state index contributed by atoms with van der Waals surface area (Å²) in [4.78, 5) is 0. The van der Waals surface area contributed by atoms with Gasteiger partial charge < -0.3 is 4.42 Å². The lowest BCUT2D eigenvalue weighted by Gasteiger charge is -2.04. The third kappa shape index (κ3) is 3.08. The number of alkyl halides is 2. The van der Waals surface area contributed by atoms with Gasteiger partial charge in [-0.05, 0) is 6.92 Å². The molecule has 0 atom stereocenters. The van der Waals surface area contributed by atoms with Crippen molar-refractivity contribution in [2.75, 3.05) is 0 Å². The highest BCUT2D eigenvalue weighted by Gasteiger charge is 2.25. The molecule has 0 fully saturated rings. The maximum absolute atomic E-state index is 12.3. The van der Waals surface area contributed by atoms with Gasteiger partial charge in [0, 0.05) is 22.6 Å². The smallest absolute Gasteiger partial charge is 0.278 e. The molecule has 1 aromatic rings. The first-order valence-corrected chi connectivity index (χ1v) is 3.91. The fraction of sp³-hybridized carbons (Fsp3) is 0.600. The molecule has 1 heterocycles. The molecule has 11 heavy (non-hydrogen) atoms. The maximum Gasteiger partial charge on any atom is 0.278 e. The van der Waals surface area contributed by atoms with E-state index in [0.29, 0.717) is 0 Å². The monoisotopic (exact) mass is 274 g/mol. The van der Waals surface area contributed by atoms with Crippen molar-refractivity contribution in [3.8, 4) is 0 Å². The Morgan fingerprint density at radius 3 is 2.55 bits per heavy atom. The number of hydrogen-bond acceptors (Lipinski definition) is 3. The Bertz CT molecular complexity index is 245. The zero-order valence-electron chi connectivity index (χ0n) is 5.64. The topological polar surface area (TPSA) is 38.9 Å². The number of rotatable bonds is 2. The predicted octanol–water partition coefficient (Wildman–Crippen LogP) is 1.87. The molecular weight excluding hydrogens is 269 g/mol. The molecule has 1 rings (SSSR count). The molecule has 0 radical (unpaired) electrons. The molecule has 0 bridgehead atoms. The van der Waals surface area contributed by atoms with Crippen LogP contribution in [0.1, 0.15) is 12.8 Å². The van der Waals surface area contributed by atoms with Gasteiger partial charge in [-0.3, -0.25) is 0 Å². The van der Waals surface area contributed by atoms with Crippen LogP contribution in [0.4, 0.5) is 8.78 Å².